The number of halogens is 2. The Morgan fingerprint density at radius 1 is 0.958 bits per heavy atom. The summed E-state index contributed by atoms with van der Waals surface area (Å²) in [5.41, 5.74) is 2.25. The van der Waals surface area contributed by atoms with Crippen LogP contribution in [-0.4, -0.2) is 7.11 Å². The molecule has 2 aromatic carbocycles. The topological polar surface area (TPSA) is 34.4 Å². The summed E-state index contributed by atoms with van der Waals surface area (Å²) in [6, 6.07) is 18.1. The van der Waals surface area contributed by atoms with Crippen molar-refractivity contribution in [1.82, 2.24) is 5.32 Å². The van der Waals surface area contributed by atoms with E-state index in [9.17, 15) is 0 Å². The van der Waals surface area contributed by atoms with Gasteiger partial charge < -0.3 is 14.5 Å². The lowest BCUT2D eigenvalue weighted by Gasteiger charge is -2.05. The first-order chi connectivity index (χ1) is 11.7. The van der Waals surface area contributed by atoms with Gasteiger partial charge in [0.1, 0.15) is 17.3 Å². The molecule has 3 rings (SSSR count). The molecule has 0 spiro atoms. The van der Waals surface area contributed by atoms with Gasteiger partial charge in [-0.15, -0.1) is 0 Å². The van der Waals surface area contributed by atoms with Crippen molar-refractivity contribution in [2.24, 2.45) is 0 Å². The van der Waals surface area contributed by atoms with Crippen LogP contribution in [0.1, 0.15) is 11.3 Å². The van der Waals surface area contributed by atoms with E-state index >= 15 is 0 Å². The van der Waals surface area contributed by atoms with Crippen LogP contribution < -0.4 is 10.1 Å². The molecule has 0 saturated carbocycles. The van der Waals surface area contributed by atoms with Gasteiger partial charge in [-0.1, -0.05) is 28.1 Å². The fourth-order valence-corrected chi connectivity index (χ4v) is 3.62. The highest BCUT2D eigenvalue weighted by Gasteiger charge is 2.08. The summed E-state index contributed by atoms with van der Waals surface area (Å²) in [6.07, 6.45) is 0. The summed E-state index contributed by atoms with van der Waals surface area (Å²) in [6.45, 7) is 1.46. The molecule has 3 aromatic rings. The summed E-state index contributed by atoms with van der Waals surface area (Å²) in [5.74, 6) is 2.64. The van der Waals surface area contributed by atoms with E-state index in [1.807, 2.05) is 42.5 Å². The van der Waals surface area contributed by atoms with Crippen LogP contribution in [0.25, 0.3) is 11.3 Å². The van der Waals surface area contributed by atoms with Gasteiger partial charge in [0.25, 0.3) is 0 Å². The van der Waals surface area contributed by atoms with Crippen molar-refractivity contribution >= 4 is 31.9 Å². The van der Waals surface area contributed by atoms with Crippen molar-refractivity contribution in [3.05, 3.63) is 74.9 Å². The third-order valence-corrected chi connectivity index (χ3v) is 4.79. The largest absolute Gasteiger partial charge is 0.497 e. The number of hydrogen-bond acceptors (Lipinski definition) is 3. The molecule has 0 aliphatic rings. The minimum absolute atomic E-state index is 0.681. The average Bonchev–Trinajstić information content (AvgIpc) is 3.04. The van der Waals surface area contributed by atoms with E-state index in [0.717, 1.165) is 38.3 Å². The summed E-state index contributed by atoms with van der Waals surface area (Å²) < 4.78 is 13.1. The minimum Gasteiger partial charge on any atom is -0.497 e. The second-order valence-corrected chi connectivity index (χ2v) is 7.11. The second-order valence-electron chi connectivity index (χ2n) is 5.34. The predicted molar refractivity (Wildman–Crippen MR) is 103 cm³/mol. The first-order valence-electron chi connectivity index (χ1n) is 7.53. The van der Waals surface area contributed by atoms with Crippen molar-refractivity contribution in [2.45, 2.75) is 13.1 Å². The molecule has 24 heavy (non-hydrogen) atoms. The molecule has 1 heterocycles. The Bertz CT molecular complexity index is 812. The number of benzene rings is 2. The van der Waals surface area contributed by atoms with E-state index in [-0.39, 0.29) is 0 Å². The number of nitrogens with one attached hydrogen (secondary N) is 1. The van der Waals surface area contributed by atoms with E-state index in [1.165, 1.54) is 5.56 Å². The Morgan fingerprint density at radius 2 is 1.75 bits per heavy atom. The zero-order valence-electron chi connectivity index (χ0n) is 13.2. The van der Waals surface area contributed by atoms with Crippen molar-refractivity contribution in [3.63, 3.8) is 0 Å². The molecule has 1 N–H and O–H groups in total. The molecule has 0 unspecified atom stereocenters. The first kappa shape index (κ1) is 17.3. The molecule has 0 atom stereocenters. The second kappa shape index (κ2) is 8.01. The highest BCUT2D eigenvalue weighted by molar-refractivity contribution is 9.11. The molecular formula is C19H17Br2NO2. The van der Waals surface area contributed by atoms with Crippen LogP contribution >= 0.6 is 31.9 Å². The average molecular weight is 451 g/mol. The minimum atomic E-state index is 0.681. The van der Waals surface area contributed by atoms with Crippen LogP contribution in [-0.2, 0) is 13.1 Å². The highest BCUT2D eigenvalue weighted by Crippen LogP contribution is 2.31. The van der Waals surface area contributed by atoms with Gasteiger partial charge in [0.05, 0.1) is 13.7 Å². The zero-order chi connectivity index (χ0) is 16.9. The van der Waals surface area contributed by atoms with E-state index < -0.39 is 0 Å². The molecular weight excluding hydrogens is 434 g/mol. The maximum absolute atomic E-state index is 5.94. The van der Waals surface area contributed by atoms with Crippen molar-refractivity contribution in [2.75, 3.05) is 7.11 Å². The van der Waals surface area contributed by atoms with Crippen molar-refractivity contribution in [1.29, 1.82) is 0 Å². The van der Waals surface area contributed by atoms with Crippen molar-refractivity contribution in [3.8, 4) is 17.1 Å². The van der Waals surface area contributed by atoms with E-state index in [2.05, 4.69) is 49.3 Å². The number of rotatable bonds is 6. The molecule has 0 amide bonds. The van der Waals surface area contributed by atoms with Crippen LogP contribution in [0.3, 0.4) is 0 Å². The van der Waals surface area contributed by atoms with Gasteiger partial charge in [-0.2, -0.15) is 0 Å². The Kier molecular flexibility index (Phi) is 5.76. The molecule has 0 fully saturated rings. The third-order valence-electron chi connectivity index (χ3n) is 3.65. The summed E-state index contributed by atoms with van der Waals surface area (Å²) in [7, 11) is 1.67. The molecule has 3 nitrogen and oxygen atoms in total. The maximum atomic E-state index is 5.94. The van der Waals surface area contributed by atoms with E-state index in [1.54, 1.807) is 7.11 Å². The third kappa shape index (κ3) is 4.29. The van der Waals surface area contributed by atoms with Crippen LogP contribution in [0.5, 0.6) is 5.75 Å². The first-order valence-corrected chi connectivity index (χ1v) is 9.12. The number of hydrogen-bond donors (Lipinski definition) is 1. The maximum Gasteiger partial charge on any atom is 0.135 e. The van der Waals surface area contributed by atoms with Crippen LogP contribution in [0.2, 0.25) is 0 Å². The molecule has 124 valence electrons. The van der Waals surface area contributed by atoms with Gasteiger partial charge in [0.2, 0.25) is 0 Å². The molecule has 5 heteroatoms. The normalized spacial score (nSPS) is 10.8. The monoisotopic (exact) mass is 449 g/mol. The van der Waals surface area contributed by atoms with E-state index in [4.69, 9.17) is 9.15 Å². The van der Waals surface area contributed by atoms with Crippen LogP contribution in [0.4, 0.5) is 0 Å². The predicted octanol–water partition coefficient (Wildman–Crippen LogP) is 5.77. The van der Waals surface area contributed by atoms with Gasteiger partial charge in [0.15, 0.2) is 0 Å². The smallest absolute Gasteiger partial charge is 0.135 e. The Hall–Kier alpha value is -1.56. The molecule has 0 bridgehead atoms. The van der Waals surface area contributed by atoms with Crippen LogP contribution in [0, 0.1) is 0 Å². The van der Waals surface area contributed by atoms with Crippen molar-refractivity contribution < 1.29 is 9.15 Å². The zero-order valence-corrected chi connectivity index (χ0v) is 16.4. The Morgan fingerprint density at radius 3 is 2.46 bits per heavy atom. The number of methoxy groups -OCH3 is 1. The van der Waals surface area contributed by atoms with Gasteiger partial charge in [-0.05, 0) is 64.0 Å². The fourth-order valence-electron chi connectivity index (χ4n) is 2.38. The number of ether oxygens (including phenoxy) is 1. The molecule has 0 aliphatic heterocycles. The fraction of sp³-hybridized carbons (Fsp3) is 0.158. The summed E-state index contributed by atoms with van der Waals surface area (Å²) in [5, 5.41) is 3.39. The number of furan rings is 1. The van der Waals surface area contributed by atoms with Gasteiger partial charge in [-0.3, -0.25) is 0 Å². The lowest BCUT2D eigenvalue weighted by Crippen LogP contribution is -2.11. The Balaban J connectivity index is 1.59. The summed E-state index contributed by atoms with van der Waals surface area (Å²) >= 11 is 7.03. The standard InChI is InChI=1S/C19H17Br2NO2/c1-23-15-5-2-13(3-6-15)11-22-12-16-7-9-19(24-16)17-8-4-14(20)10-18(17)21/h2-10,22H,11-12H2,1H3. The summed E-state index contributed by atoms with van der Waals surface area (Å²) in [4.78, 5) is 0. The molecule has 0 radical (unpaired) electrons. The molecule has 0 saturated heterocycles. The van der Waals surface area contributed by atoms with Gasteiger partial charge in [-0.25, -0.2) is 0 Å². The lowest BCUT2D eigenvalue weighted by molar-refractivity contribution is 0.414. The molecule has 1 aromatic heterocycles. The SMILES string of the molecule is COc1ccc(CNCc2ccc(-c3ccc(Br)cc3Br)o2)cc1. The lowest BCUT2D eigenvalue weighted by atomic mass is 10.2. The quantitative estimate of drug-likeness (QED) is 0.517. The van der Waals surface area contributed by atoms with Gasteiger partial charge >= 0.3 is 0 Å². The Labute approximate surface area is 158 Å². The molecule has 0 aliphatic carbocycles. The van der Waals surface area contributed by atoms with Crippen LogP contribution in [0.15, 0.2) is 68.0 Å². The van der Waals surface area contributed by atoms with E-state index in [0.29, 0.717) is 6.54 Å². The van der Waals surface area contributed by atoms with Gasteiger partial charge in [0, 0.05) is 21.1 Å². The highest BCUT2D eigenvalue weighted by atomic mass is 79.9.